The number of hydrogen-bond acceptors (Lipinski definition) is 7. The SMILES string of the molecule is CC=NN(C(=O)c1ccc(C(=O)NC(C(=O)O)C(C)(C)C)s1)c1csc(-c2ccc(Cl)c(Cl)c2)c1O. The first kappa shape index (κ1) is 27.7. The Hall–Kier alpha value is -2.92. The smallest absolute Gasteiger partial charge is 0.326 e. The van der Waals surface area contributed by atoms with Crippen molar-refractivity contribution in [2.24, 2.45) is 10.5 Å². The van der Waals surface area contributed by atoms with Gasteiger partial charge in [-0.2, -0.15) is 10.1 Å². The van der Waals surface area contributed by atoms with Gasteiger partial charge < -0.3 is 15.5 Å². The van der Waals surface area contributed by atoms with Crippen molar-refractivity contribution < 1.29 is 24.6 Å². The number of carboxylic acid groups (broad SMARTS) is 1. The fourth-order valence-corrected chi connectivity index (χ4v) is 5.26. The highest BCUT2D eigenvalue weighted by molar-refractivity contribution is 7.16. The number of anilines is 1. The molecule has 1 unspecified atom stereocenters. The minimum absolute atomic E-state index is 0.155. The standard InChI is InChI=1S/C24H23Cl2N3O5S2/c1-5-27-29(15-11-35-19(18(15)30)12-6-7-13(25)14(26)10-12)22(32)17-9-8-16(36-17)21(31)28-20(23(33)34)24(2,3)4/h5-11,20,30H,1-4H3,(H,28,31)(H,33,34). The van der Waals surface area contributed by atoms with Crippen molar-refractivity contribution >= 4 is 75.6 Å². The fourth-order valence-electron chi connectivity index (χ4n) is 3.20. The summed E-state index contributed by atoms with van der Waals surface area (Å²) < 4.78 is 0. The minimum Gasteiger partial charge on any atom is -0.504 e. The number of benzene rings is 1. The number of hydrazone groups is 1. The molecule has 0 radical (unpaired) electrons. The Morgan fingerprint density at radius 2 is 1.78 bits per heavy atom. The first-order valence-corrected chi connectivity index (χ1v) is 13.0. The molecule has 36 heavy (non-hydrogen) atoms. The minimum atomic E-state index is -1.15. The molecular weight excluding hydrogens is 545 g/mol. The lowest BCUT2D eigenvalue weighted by atomic mass is 9.87. The Kier molecular flexibility index (Phi) is 8.45. The van der Waals surface area contributed by atoms with Crippen LogP contribution in [0.15, 0.2) is 40.8 Å². The van der Waals surface area contributed by atoms with Crippen LogP contribution in [-0.2, 0) is 4.79 Å². The lowest BCUT2D eigenvalue weighted by molar-refractivity contribution is -0.142. The van der Waals surface area contributed by atoms with Gasteiger partial charge in [0.05, 0.1) is 24.7 Å². The predicted octanol–water partition coefficient (Wildman–Crippen LogP) is 6.37. The lowest BCUT2D eigenvalue weighted by Gasteiger charge is -2.27. The molecule has 12 heteroatoms. The van der Waals surface area contributed by atoms with Crippen LogP contribution in [0.4, 0.5) is 5.69 Å². The van der Waals surface area contributed by atoms with E-state index in [2.05, 4.69) is 10.4 Å². The average Bonchev–Trinajstić information content (AvgIpc) is 3.43. The van der Waals surface area contributed by atoms with Crippen molar-refractivity contribution in [2.75, 3.05) is 5.01 Å². The summed E-state index contributed by atoms with van der Waals surface area (Å²) >= 11 is 14.2. The maximum Gasteiger partial charge on any atom is 0.326 e. The van der Waals surface area contributed by atoms with E-state index in [9.17, 15) is 24.6 Å². The quantitative estimate of drug-likeness (QED) is 0.226. The summed E-state index contributed by atoms with van der Waals surface area (Å²) in [5.41, 5.74) is 0.0576. The number of aromatic hydroxyl groups is 1. The van der Waals surface area contributed by atoms with E-state index < -0.39 is 29.2 Å². The molecule has 1 atom stereocenters. The number of thiophene rings is 2. The Morgan fingerprint density at radius 1 is 1.11 bits per heavy atom. The van der Waals surface area contributed by atoms with E-state index in [0.29, 0.717) is 20.5 Å². The largest absolute Gasteiger partial charge is 0.504 e. The second-order valence-electron chi connectivity index (χ2n) is 8.69. The molecule has 2 amide bonds. The number of halogens is 2. The molecule has 0 aliphatic carbocycles. The maximum atomic E-state index is 13.3. The predicted molar refractivity (Wildman–Crippen MR) is 145 cm³/mol. The van der Waals surface area contributed by atoms with Gasteiger partial charge in [-0.3, -0.25) is 9.59 Å². The maximum absolute atomic E-state index is 13.3. The summed E-state index contributed by atoms with van der Waals surface area (Å²) in [7, 11) is 0. The van der Waals surface area contributed by atoms with Gasteiger partial charge in [-0.05, 0) is 42.2 Å². The second kappa shape index (κ2) is 11.0. The molecule has 190 valence electrons. The summed E-state index contributed by atoms with van der Waals surface area (Å²) in [6.45, 7) is 6.73. The van der Waals surface area contributed by atoms with Crippen LogP contribution < -0.4 is 10.3 Å². The Bertz CT molecular complexity index is 1340. The molecule has 3 aromatic rings. The number of nitrogens with one attached hydrogen (secondary N) is 1. The van der Waals surface area contributed by atoms with Gasteiger partial charge in [-0.15, -0.1) is 22.7 Å². The molecule has 0 bridgehead atoms. The summed E-state index contributed by atoms with van der Waals surface area (Å²) in [5, 5.41) is 30.3. The van der Waals surface area contributed by atoms with E-state index in [0.717, 1.165) is 16.3 Å². The molecule has 0 fully saturated rings. The normalized spacial score (nSPS) is 12.5. The number of amides is 2. The average molecular weight is 569 g/mol. The summed E-state index contributed by atoms with van der Waals surface area (Å²) in [6.07, 6.45) is 1.40. The first-order chi connectivity index (χ1) is 16.8. The van der Waals surface area contributed by atoms with Gasteiger partial charge in [-0.25, -0.2) is 4.79 Å². The molecule has 0 saturated carbocycles. The molecule has 1 aromatic carbocycles. The number of aliphatic carboxylic acids is 1. The van der Waals surface area contributed by atoms with E-state index in [1.165, 1.54) is 29.7 Å². The molecule has 8 nitrogen and oxygen atoms in total. The van der Waals surface area contributed by atoms with Crippen LogP contribution in [0.25, 0.3) is 10.4 Å². The van der Waals surface area contributed by atoms with Crippen molar-refractivity contribution in [2.45, 2.75) is 33.7 Å². The van der Waals surface area contributed by atoms with Crippen LogP contribution in [0.3, 0.4) is 0 Å². The van der Waals surface area contributed by atoms with Crippen molar-refractivity contribution in [1.82, 2.24) is 5.32 Å². The third-order valence-corrected chi connectivity index (χ3v) is 7.83. The number of carbonyl (C=O) groups excluding carboxylic acids is 2. The van der Waals surface area contributed by atoms with Gasteiger partial charge >= 0.3 is 5.97 Å². The molecule has 0 saturated heterocycles. The van der Waals surface area contributed by atoms with Gasteiger partial charge in [0.25, 0.3) is 11.8 Å². The second-order valence-corrected chi connectivity index (χ2v) is 11.5. The van der Waals surface area contributed by atoms with Crippen LogP contribution in [0.2, 0.25) is 10.0 Å². The molecular formula is C24H23Cl2N3O5S2. The lowest BCUT2D eigenvalue weighted by Crippen LogP contribution is -2.48. The molecule has 0 aliphatic rings. The van der Waals surface area contributed by atoms with Crippen molar-refractivity contribution in [1.29, 1.82) is 0 Å². The summed E-state index contributed by atoms with van der Waals surface area (Å²) in [5.74, 6) is -2.50. The number of carboxylic acids is 1. The number of rotatable bonds is 7. The van der Waals surface area contributed by atoms with Crippen LogP contribution in [0.1, 0.15) is 47.0 Å². The number of hydrogen-bond donors (Lipinski definition) is 3. The van der Waals surface area contributed by atoms with Gasteiger partial charge in [-0.1, -0.05) is 50.0 Å². The van der Waals surface area contributed by atoms with E-state index in [4.69, 9.17) is 23.2 Å². The first-order valence-electron chi connectivity index (χ1n) is 10.6. The summed E-state index contributed by atoms with van der Waals surface area (Å²) in [6, 6.07) is 6.70. The van der Waals surface area contributed by atoms with Gasteiger partial charge in [0.1, 0.15) is 11.7 Å². The van der Waals surface area contributed by atoms with Crippen LogP contribution in [0, 0.1) is 5.41 Å². The fraction of sp³-hybridized carbons (Fsp3) is 0.250. The van der Waals surface area contributed by atoms with Crippen molar-refractivity contribution in [3.05, 3.63) is 55.5 Å². The van der Waals surface area contributed by atoms with Crippen LogP contribution in [0.5, 0.6) is 5.75 Å². The monoisotopic (exact) mass is 567 g/mol. The molecule has 2 heterocycles. The summed E-state index contributed by atoms with van der Waals surface area (Å²) in [4.78, 5) is 38.4. The van der Waals surface area contributed by atoms with E-state index >= 15 is 0 Å². The highest BCUT2D eigenvalue weighted by atomic mass is 35.5. The number of nitrogens with zero attached hydrogens (tertiary/aromatic N) is 2. The van der Waals surface area contributed by atoms with Crippen LogP contribution >= 0.6 is 45.9 Å². The van der Waals surface area contributed by atoms with Crippen LogP contribution in [-0.4, -0.2) is 40.3 Å². The Morgan fingerprint density at radius 3 is 2.36 bits per heavy atom. The van der Waals surface area contributed by atoms with Gasteiger partial charge in [0.15, 0.2) is 5.75 Å². The highest BCUT2D eigenvalue weighted by Gasteiger charge is 2.33. The van der Waals surface area contributed by atoms with Crippen molar-refractivity contribution in [3.8, 4) is 16.2 Å². The Labute approximate surface area is 225 Å². The zero-order valence-corrected chi connectivity index (χ0v) is 22.8. The van der Waals surface area contributed by atoms with Gasteiger partial charge in [0.2, 0.25) is 0 Å². The van der Waals surface area contributed by atoms with E-state index in [1.54, 1.807) is 51.3 Å². The topological polar surface area (TPSA) is 119 Å². The van der Waals surface area contributed by atoms with E-state index in [-0.39, 0.29) is 21.2 Å². The third kappa shape index (κ3) is 5.89. The van der Waals surface area contributed by atoms with E-state index in [1.807, 2.05) is 0 Å². The Balaban J connectivity index is 1.89. The molecule has 3 rings (SSSR count). The molecule has 0 aliphatic heterocycles. The number of carbonyl (C=O) groups is 3. The van der Waals surface area contributed by atoms with Crippen molar-refractivity contribution in [3.63, 3.8) is 0 Å². The third-order valence-electron chi connectivity index (χ3n) is 5.01. The van der Waals surface area contributed by atoms with Gasteiger partial charge in [0, 0.05) is 11.6 Å². The zero-order valence-electron chi connectivity index (χ0n) is 19.7. The molecule has 2 aromatic heterocycles. The highest BCUT2D eigenvalue weighted by Crippen LogP contribution is 2.45. The zero-order chi connectivity index (χ0) is 26.8. The molecule has 0 spiro atoms. The molecule has 3 N–H and O–H groups in total.